The zero-order chi connectivity index (χ0) is 15.2. The van der Waals surface area contributed by atoms with Crippen LogP contribution in [0.3, 0.4) is 0 Å². The Morgan fingerprint density at radius 3 is 2.82 bits per heavy atom. The van der Waals surface area contributed by atoms with Gasteiger partial charge in [0.1, 0.15) is 12.3 Å². The molecule has 7 heteroatoms. The Morgan fingerprint density at radius 2 is 2.09 bits per heavy atom. The summed E-state index contributed by atoms with van der Waals surface area (Å²) in [5.74, 6) is 0.246. The Balaban J connectivity index is 0.00000242. The van der Waals surface area contributed by atoms with Crippen LogP contribution in [0.2, 0.25) is 0 Å². The Kier molecular flexibility index (Phi) is 7.14. The number of ether oxygens (including phenoxy) is 1. The van der Waals surface area contributed by atoms with Crippen LogP contribution in [0.15, 0.2) is 24.3 Å². The van der Waals surface area contributed by atoms with Gasteiger partial charge >= 0.3 is 0 Å². The summed E-state index contributed by atoms with van der Waals surface area (Å²) in [5, 5.41) is 2.80. The van der Waals surface area contributed by atoms with E-state index in [0.29, 0.717) is 24.5 Å². The van der Waals surface area contributed by atoms with Gasteiger partial charge in [-0.25, -0.2) is 0 Å². The summed E-state index contributed by atoms with van der Waals surface area (Å²) in [6.07, 6.45) is 1.13. The van der Waals surface area contributed by atoms with Crippen LogP contribution in [0.4, 0.5) is 5.69 Å². The quantitative estimate of drug-likeness (QED) is 0.766. The second-order valence-electron chi connectivity index (χ2n) is 5.00. The zero-order valence-electron chi connectivity index (χ0n) is 12.6. The molecule has 3 N–H and O–H groups in total. The fraction of sp³-hybridized carbons (Fsp3) is 0.467. The van der Waals surface area contributed by atoms with Crippen LogP contribution in [0.5, 0.6) is 5.75 Å². The summed E-state index contributed by atoms with van der Waals surface area (Å²) < 4.78 is 5.53. The third-order valence-corrected chi connectivity index (χ3v) is 3.33. The lowest BCUT2D eigenvalue weighted by molar-refractivity contribution is -0.128. The molecule has 6 nitrogen and oxygen atoms in total. The highest BCUT2D eigenvalue weighted by Crippen LogP contribution is 2.33. The van der Waals surface area contributed by atoms with E-state index in [1.54, 1.807) is 19.1 Å². The highest BCUT2D eigenvalue weighted by molar-refractivity contribution is 6.03. The number of halogens is 1. The fourth-order valence-corrected chi connectivity index (χ4v) is 2.22. The van der Waals surface area contributed by atoms with Crippen molar-refractivity contribution in [3.05, 3.63) is 24.3 Å². The number of carbonyl (C=O) groups excluding carboxylic acids is 2. The van der Waals surface area contributed by atoms with E-state index in [1.165, 1.54) is 4.90 Å². The standard InChI is InChI=1S/C15H21N3O3.ClH/c1-11-15(20)18(10-14(19)17-9-5-4-8-16)12-6-2-3-7-13(12)21-11;/h2-3,6-7,11H,4-5,8-10,16H2,1H3,(H,17,19);1H. The average Bonchev–Trinajstić information content (AvgIpc) is 2.48. The van der Waals surface area contributed by atoms with Crippen LogP contribution in [0, 0.1) is 0 Å². The molecule has 22 heavy (non-hydrogen) atoms. The van der Waals surface area contributed by atoms with Crippen molar-refractivity contribution in [2.45, 2.75) is 25.9 Å². The number of unbranched alkanes of at least 4 members (excludes halogenated alkanes) is 1. The number of para-hydroxylation sites is 2. The molecule has 1 aliphatic heterocycles. The number of carbonyl (C=O) groups is 2. The molecule has 0 bridgehead atoms. The normalized spacial score (nSPS) is 16.4. The molecule has 2 rings (SSSR count). The van der Waals surface area contributed by atoms with Gasteiger partial charge in [-0.15, -0.1) is 12.4 Å². The molecular weight excluding hydrogens is 306 g/mol. The highest BCUT2D eigenvalue weighted by Gasteiger charge is 2.32. The first-order valence-electron chi connectivity index (χ1n) is 7.17. The van der Waals surface area contributed by atoms with Crippen molar-refractivity contribution in [3.8, 4) is 5.75 Å². The molecule has 1 heterocycles. The minimum Gasteiger partial charge on any atom is -0.479 e. The van der Waals surface area contributed by atoms with E-state index >= 15 is 0 Å². The van der Waals surface area contributed by atoms with E-state index in [1.807, 2.05) is 12.1 Å². The maximum atomic E-state index is 12.2. The van der Waals surface area contributed by atoms with Crippen molar-refractivity contribution >= 4 is 29.9 Å². The first-order chi connectivity index (χ1) is 10.1. The molecule has 1 aliphatic rings. The van der Waals surface area contributed by atoms with Gasteiger partial charge in [0.05, 0.1) is 5.69 Å². The maximum absolute atomic E-state index is 12.2. The van der Waals surface area contributed by atoms with Crippen LogP contribution in [0.25, 0.3) is 0 Å². The van der Waals surface area contributed by atoms with Crippen molar-refractivity contribution in [2.75, 3.05) is 24.5 Å². The second-order valence-corrected chi connectivity index (χ2v) is 5.00. The third-order valence-electron chi connectivity index (χ3n) is 3.33. The lowest BCUT2D eigenvalue weighted by atomic mass is 10.2. The molecule has 0 aliphatic carbocycles. The third kappa shape index (κ3) is 4.35. The van der Waals surface area contributed by atoms with E-state index in [-0.39, 0.29) is 30.8 Å². The molecule has 0 saturated carbocycles. The first-order valence-corrected chi connectivity index (χ1v) is 7.17. The maximum Gasteiger partial charge on any atom is 0.268 e. The molecule has 0 spiro atoms. The predicted molar refractivity (Wildman–Crippen MR) is 87.4 cm³/mol. The summed E-state index contributed by atoms with van der Waals surface area (Å²) in [6.45, 7) is 2.88. The molecule has 0 aromatic heterocycles. The predicted octanol–water partition coefficient (Wildman–Crippen LogP) is 1.08. The lowest BCUT2D eigenvalue weighted by Gasteiger charge is -2.32. The van der Waals surface area contributed by atoms with Crippen LogP contribution in [-0.2, 0) is 9.59 Å². The van der Waals surface area contributed by atoms with Gasteiger partial charge in [0.25, 0.3) is 5.91 Å². The Labute approximate surface area is 136 Å². The van der Waals surface area contributed by atoms with Gasteiger partial charge < -0.3 is 15.8 Å². The van der Waals surface area contributed by atoms with E-state index in [2.05, 4.69) is 5.32 Å². The topological polar surface area (TPSA) is 84.7 Å². The van der Waals surface area contributed by atoms with Gasteiger partial charge in [0.15, 0.2) is 6.10 Å². The molecule has 0 fully saturated rings. The number of rotatable bonds is 6. The number of hydrogen-bond acceptors (Lipinski definition) is 4. The highest BCUT2D eigenvalue weighted by atomic mass is 35.5. The number of hydrogen-bond donors (Lipinski definition) is 2. The monoisotopic (exact) mass is 327 g/mol. The van der Waals surface area contributed by atoms with Crippen molar-refractivity contribution in [2.24, 2.45) is 5.73 Å². The largest absolute Gasteiger partial charge is 0.479 e. The van der Waals surface area contributed by atoms with Crippen molar-refractivity contribution in [1.29, 1.82) is 0 Å². The Hall–Kier alpha value is -1.79. The van der Waals surface area contributed by atoms with Crippen LogP contribution in [-0.4, -0.2) is 37.6 Å². The van der Waals surface area contributed by atoms with Crippen molar-refractivity contribution in [3.63, 3.8) is 0 Å². The van der Waals surface area contributed by atoms with Gasteiger partial charge in [-0.2, -0.15) is 0 Å². The first kappa shape index (κ1) is 18.3. The number of benzene rings is 1. The molecular formula is C15H22ClN3O3. The van der Waals surface area contributed by atoms with Gasteiger partial charge in [0.2, 0.25) is 5.91 Å². The molecule has 0 radical (unpaired) electrons. The van der Waals surface area contributed by atoms with Crippen LogP contribution >= 0.6 is 12.4 Å². The van der Waals surface area contributed by atoms with Gasteiger partial charge in [-0.05, 0) is 38.4 Å². The minimum absolute atomic E-state index is 0. The van der Waals surface area contributed by atoms with Crippen molar-refractivity contribution < 1.29 is 14.3 Å². The molecule has 0 saturated heterocycles. The molecule has 1 aromatic rings. The molecule has 2 amide bonds. The lowest BCUT2D eigenvalue weighted by Crippen LogP contribution is -2.48. The number of nitrogens with two attached hydrogens (primary N) is 1. The molecule has 1 atom stereocenters. The number of nitrogens with one attached hydrogen (secondary N) is 1. The van der Waals surface area contributed by atoms with Crippen molar-refractivity contribution in [1.82, 2.24) is 5.32 Å². The average molecular weight is 328 g/mol. The second kappa shape index (κ2) is 8.60. The molecule has 1 unspecified atom stereocenters. The SMILES string of the molecule is CC1Oc2ccccc2N(CC(=O)NCCCCN)C1=O.Cl. The van der Waals surface area contributed by atoms with Gasteiger partial charge in [0, 0.05) is 6.54 Å². The number of nitrogens with zero attached hydrogens (tertiary/aromatic N) is 1. The Morgan fingerprint density at radius 1 is 1.36 bits per heavy atom. The summed E-state index contributed by atoms with van der Waals surface area (Å²) >= 11 is 0. The van der Waals surface area contributed by atoms with Gasteiger partial charge in [-0.3, -0.25) is 14.5 Å². The van der Waals surface area contributed by atoms with Crippen LogP contribution < -0.4 is 20.7 Å². The summed E-state index contributed by atoms with van der Waals surface area (Å²) in [5.41, 5.74) is 6.04. The smallest absolute Gasteiger partial charge is 0.268 e. The van der Waals surface area contributed by atoms with E-state index in [0.717, 1.165) is 12.8 Å². The molecule has 122 valence electrons. The van der Waals surface area contributed by atoms with E-state index in [4.69, 9.17) is 10.5 Å². The Bertz CT molecular complexity index is 525. The number of anilines is 1. The summed E-state index contributed by atoms with van der Waals surface area (Å²) in [6, 6.07) is 7.23. The number of amides is 2. The van der Waals surface area contributed by atoms with E-state index in [9.17, 15) is 9.59 Å². The van der Waals surface area contributed by atoms with E-state index < -0.39 is 6.10 Å². The van der Waals surface area contributed by atoms with Crippen LogP contribution in [0.1, 0.15) is 19.8 Å². The van der Waals surface area contributed by atoms with Gasteiger partial charge in [-0.1, -0.05) is 12.1 Å². The zero-order valence-corrected chi connectivity index (χ0v) is 13.4. The minimum atomic E-state index is -0.579. The molecule has 1 aromatic carbocycles. The summed E-state index contributed by atoms with van der Waals surface area (Å²) in [4.78, 5) is 25.6. The fourth-order valence-electron chi connectivity index (χ4n) is 2.22. The summed E-state index contributed by atoms with van der Waals surface area (Å²) in [7, 11) is 0. The number of fused-ring (bicyclic) bond motifs is 1.